The Morgan fingerprint density at radius 1 is 1.33 bits per heavy atom. The minimum atomic E-state index is -0.426. The lowest BCUT2D eigenvalue weighted by atomic mass is 10.0. The zero-order chi connectivity index (χ0) is 15.9. The van der Waals surface area contributed by atoms with Crippen molar-refractivity contribution < 1.29 is 9.53 Å². The van der Waals surface area contributed by atoms with Crippen LogP contribution in [0.25, 0.3) is 0 Å². The standard InChI is InChI=1S/C16H33N3O2/c1-6-10-19-11-7-14(8-12-19)17-9-13-18(5)15(20)21-16(2,3)4/h14,17H,6-13H2,1-5H3. The number of ether oxygens (including phenoxy) is 1. The lowest BCUT2D eigenvalue weighted by molar-refractivity contribution is 0.0298. The molecule has 1 amide bonds. The van der Waals surface area contributed by atoms with E-state index < -0.39 is 5.60 Å². The zero-order valence-electron chi connectivity index (χ0n) is 14.4. The summed E-state index contributed by atoms with van der Waals surface area (Å²) in [5.41, 5.74) is -0.426. The maximum Gasteiger partial charge on any atom is 0.410 e. The maximum atomic E-state index is 11.8. The summed E-state index contributed by atoms with van der Waals surface area (Å²) in [5, 5.41) is 3.56. The van der Waals surface area contributed by atoms with Gasteiger partial charge in [-0.05, 0) is 59.7 Å². The van der Waals surface area contributed by atoms with E-state index in [0.29, 0.717) is 12.6 Å². The Morgan fingerprint density at radius 2 is 1.95 bits per heavy atom. The Morgan fingerprint density at radius 3 is 2.48 bits per heavy atom. The molecule has 124 valence electrons. The van der Waals surface area contributed by atoms with Crippen molar-refractivity contribution in [3.05, 3.63) is 0 Å². The average molecular weight is 299 g/mol. The van der Waals surface area contributed by atoms with Gasteiger partial charge in [0, 0.05) is 26.2 Å². The van der Waals surface area contributed by atoms with Crippen molar-refractivity contribution in [1.82, 2.24) is 15.1 Å². The predicted molar refractivity (Wildman–Crippen MR) is 86.6 cm³/mol. The van der Waals surface area contributed by atoms with E-state index in [9.17, 15) is 4.79 Å². The molecule has 0 bridgehead atoms. The first-order valence-electron chi connectivity index (χ1n) is 8.21. The van der Waals surface area contributed by atoms with Gasteiger partial charge in [0.2, 0.25) is 0 Å². The van der Waals surface area contributed by atoms with Crippen LogP contribution < -0.4 is 5.32 Å². The van der Waals surface area contributed by atoms with Gasteiger partial charge in [-0.1, -0.05) is 6.92 Å². The molecule has 0 saturated carbocycles. The average Bonchev–Trinajstić information content (AvgIpc) is 2.39. The highest BCUT2D eigenvalue weighted by molar-refractivity contribution is 5.67. The Hall–Kier alpha value is -0.810. The molecule has 1 N–H and O–H groups in total. The minimum Gasteiger partial charge on any atom is -0.444 e. The van der Waals surface area contributed by atoms with Crippen molar-refractivity contribution in [3.8, 4) is 0 Å². The second kappa shape index (κ2) is 8.59. The van der Waals surface area contributed by atoms with Gasteiger partial charge < -0.3 is 19.9 Å². The fourth-order valence-electron chi connectivity index (χ4n) is 2.54. The van der Waals surface area contributed by atoms with Crippen molar-refractivity contribution >= 4 is 6.09 Å². The Bertz CT molecular complexity index is 307. The number of amides is 1. The van der Waals surface area contributed by atoms with Gasteiger partial charge in [0.1, 0.15) is 5.60 Å². The van der Waals surface area contributed by atoms with Crippen molar-refractivity contribution in [2.45, 2.75) is 58.6 Å². The van der Waals surface area contributed by atoms with Crippen molar-refractivity contribution in [1.29, 1.82) is 0 Å². The molecule has 0 spiro atoms. The molecule has 1 fully saturated rings. The van der Waals surface area contributed by atoms with E-state index in [2.05, 4.69) is 17.1 Å². The summed E-state index contributed by atoms with van der Waals surface area (Å²) in [7, 11) is 1.79. The minimum absolute atomic E-state index is 0.248. The summed E-state index contributed by atoms with van der Waals surface area (Å²) in [6.45, 7) is 13.0. The normalized spacial score (nSPS) is 17.8. The number of nitrogens with one attached hydrogen (secondary N) is 1. The molecule has 0 unspecified atom stereocenters. The van der Waals surface area contributed by atoms with Gasteiger partial charge in [0.25, 0.3) is 0 Å². The third kappa shape index (κ3) is 7.67. The Balaban J connectivity index is 2.15. The number of carbonyl (C=O) groups excluding carboxylic acids is 1. The van der Waals surface area contributed by atoms with Crippen LogP contribution in [0.4, 0.5) is 4.79 Å². The molecule has 0 atom stereocenters. The van der Waals surface area contributed by atoms with E-state index in [0.717, 1.165) is 6.54 Å². The third-order valence-corrected chi connectivity index (χ3v) is 3.71. The van der Waals surface area contributed by atoms with Crippen molar-refractivity contribution in [2.75, 3.05) is 39.8 Å². The topological polar surface area (TPSA) is 44.8 Å². The van der Waals surface area contributed by atoms with E-state index in [1.165, 1.54) is 38.9 Å². The molecule has 21 heavy (non-hydrogen) atoms. The van der Waals surface area contributed by atoms with Crippen LogP contribution in [0.2, 0.25) is 0 Å². The van der Waals surface area contributed by atoms with Crippen LogP contribution in [0.3, 0.4) is 0 Å². The number of rotatable bonds is 6. The summed E-state index contributed by atoms with van der Waals surface area (Å²) < 4.78 is 5.34. The summed E-state index contributed by atoms with van der Waals surface area (Å²) >= 11 is 0. The van der Waals surface area contributed by atoms with Crippen molar-refractivity contribution in [2.24, 2.45) is 0 Å². The first-order chi connectivity index (χ1) is 9.81. The number of piperidine rings is 1. The second-order valence-corrected chi connectivity index (χ2v) is 6.97. The van der Waals surface area contributed by atoms with E-state index >= 15 is 0 Å². The van der Waals surface area contributed by atoms with Crippen molar-refractivity contribution in [3.63, 3.8) is 0 Å². The van der Waals surface area contributed by atoms with Crippen LogP contribution in [0.15, 0.2) is 0 Å². The van der Waals surface area contributed by atoms with E-state index in [4.69, 9.17) is 4.74 Å². The molecule has 0 aromatic heterocycles. The lowest BCUT2D eigenvalue weighted by Crippen LogP contribution is -2.45. The molecule has 0 aliphatic carbocycles. The predicted octanol–water partition coefficient (Wildman–Crippen LogP) is 2.32. The highest BCUT2D eigenvalue weighted by Gasteiger charge is 2.20. The molecule has 1 saturated heterocycles. The van der Waals surface area contributed by atoms with E-state index in [-0.39, 0.29) is 6.09 Å². The number of carbonyl (C=O) groups is 1. The molecule has 1 heterocycles. The number of nitrogens with zero attached hydrogens (tertiary/aromatic N) is 2. The SMILES string of the molecule is CCCN1CCC(NCCN(C)C(=O)OC(C)(C)C)CC1. The first kappa shape index (κ1) is 18.2. The molecular weight excluding hydrogens is 266 g/mol. The highest BCUT2D eigenvalue weighted by Crippen LogP contribution is 2.11. The smallest absolute Gasteiger partial charge is 0.410 e. The summed E-state index contributed by atoms with van der Waals surface area (Å²) in [6, 6.07) is 0.588. The molecule has 0 aromatic carbocycles. The molecule has 5 heteroatoms. The van der Waals surface area contributed by atoms with Gasteiger partial charge in [-0.3, -0.25) is 0 Å². The fourth-order valence-corrected chi connectivity index (χ4v) is 2.54. The van der Waals surface area contributed by atoms with Gasteiger partial charge in [0.15, 0.2) is 0 Å². The number of likely N-dealkylation sites (N-methyl/N-ethyl adjacent to an activating group) is 1. The van der Waals surface area contributed by atoms with Crippen LogP contribution >= 0.6 is 0 Å². The lowest BCUT2D eigenvalue weighted by Gasteiger charge is -2.32. The second-order valence-electron chi connectivity index (χ2n) is 6.97. The Labute approximate surface area is 130 Å². The van der Waals surface area contributed by atoms with Crippen LogP contribution in [-0.4, -0.2) is 67.3 Å². The molecule has 0 aromatic rings. The molecule has 0 radical (unpaired) electrons. The molecule has 1 aliphatic rings. The number of likely N-dealkylation sites (tertiary alicyclic amines) is 1. The van der Waals surface area contributed by atoms with Crippen LogP contribution in [0, 0.1) is 0 Å². The third-order valence-electron chi connectivity index (χ3n) is 3.71. The summed E-state index contributed by atoms with van der Waals surface area (Å²) in [5.74, 6) is 0. The first-order valence-corrected chi connectivity index (χ1v) is 8.21. The summed E-state index contributed by atoms with van der Waals surface area (Å²) in [6.07, 6.45) is 3.40. The monoisotopic (exact) mass is 299 g/mol. The highest BCUT2D eigenvalue weighted by atomic mass is 16.6. The van der Waals surface area contributed by atoms with Gasteiger partial charge >= 0.3 is 6.09 Å². The fraction of sp³-hybridized carbons (Fsp3) is 0.938. The van der Waals surface area contributed by atoms with Gasteiger partial charge in [-0.15, -0.1) is 0 Å². The van der Waals surface area contributed by atoms with E-state index in [1.54, 1.807) is 11.9 Å². The Kier molecular flexibility index (Phi) is 7.46. The molecular formula is C16H33N3O2. The van der Waals surface area contributed by atoms with Gasteiger partial charge in [-0.2, -0.15) is 0 Å². The quantitative estimate of drug-likeness (QED) is 0.817. The molecule has 1 rings (SSSR count). The number of hydrogen-bond donors (Lipinski definition) is 1. The number of hydrogen-bond acceptors (Lipinski definition) is 4. The van der Waals surface area contributed by atoms with Crippen LogP contribution in [0.1, 0.15) is 47.0 Å². The molecule has 1 aliphatic heterocycles. The largest absolute Gasteiger partial charge is 0.444 e. The van der Waals surface area contributed by atoms with E-state index in [1.807, 2.05) is 20.8 Å². The van der Waals surface area contributed by atoms with Gasteiger partial charge in [0.05, 0.1) is 0 Å². The maximum absolute atomic E-state index is 11.8. The van der Waals surface area contributed by atoms with Gasteiger partial charge in [-0.25, -0.2) is 4.79 Å². The zero-order valence-corrected chi connectivity index (χ0v) is 14.4. The van der Waals surface area contributed by atoms with Crippen LogP contribution in [0.5, 0.6) is 0 Å². The summed E-state index contributed by atoms with van der Waals surface area (Å²) in [4.78, 5) is 16.0. The molecule has 5 nitrogen and oxygen atoms in total. The van der Waals surface area contributed by atoms with Crippen LogP contribution in [-0.2, 0) is 4.74 Å².